The van der Waals surface area contributed by atoms with Gasteiger partial charge in [0.25, 0.3) is 5.69 Å². The first kappa shape index (κ1) is 13.1. The minimum absolute atomic E-state index is 0.0262. The number of methoxy groups -OCH3 is 1. The SMILES string of the molecule is C=CC1CC(=O)N(c2cc(OC)ccc2[N+](=O)[O-])C1. The highest BCUT2D eigenvalue weighted by molar-refractivity contribution is 5.98. The van der Waals surface area contributed by atoms with E-state index in [1.54, 1.807) is 6.08 Å². The Morgan fingerprint density at radius 3 is 2.84 bits per heavy atom. The maximum Gasteiger partial charge on any atom is 0.293 e. The standard InChI is InChI=1S/C13H14N2O4/c1-3-9-6-13(16)14(8-9)12-7-10(19-2)4-5-11(12)15(17)18/h3-5,7,9H,1,6,8H2,2H3. The first-order chi connectivity index (χ1) is 9.06. The van der Waals surface area contributed by atoms with Gasteiger partial charge in [0.1, 0.15) is 11.4 Å². The third-order valence-electron chi connectivity index (χ3n) is 3.16. The summed E-state index contributed by atoms with van der Waals surface area (Å²) in [6.45, 7) is 4.07. The van der Waals surface area contributed by atoms with E-state index in [4.69, 9.17) is 4.74 Å². The average molecular weight is 262 g/mol. The molecule has 1 aliphatic rings. The molecule has 1 saturated heterocycles. The number of amides is 1. The zero-order valence-electron chi connectivity index (χ0n) is 10.5. The molecule has 100 valence electrons. The molecule has 1 atom stereocenters. The van der Waals surface area contributed by atoms with Crippen molar-refractivity contribution in [1.82, 2.24) is 0 Å². The lowest BCUT2D eigenvalue weighted by Gasteiger charge is -2.17. The van der Waals surface area contributed by atoms with E-state index >= 15 is 0 Å². The number of nitro groups is 1. The minimum atomic E-state index is -0.497. The summed E-state index contributed by atoms with van der Waals surface area (Å²) in [5, 5.41) is 11.0. The smallest absolute Gasteiger partial charge is 0.293 e. The van der Waals surface area contributed by atoms with Gasteiger partial charge in [0.15, 0.2) is 0 Å². The predicted molar refractivity (Wildman–Crippen MR) is 70.3 cm³/mol. The molecule has 0 N–H and O–H groups in total. The van der Waals surface area contributed by atoms with Crippen LogP contribution in [0.15, 0.2) is 30.9 Å². The van der Waals surface area contributed by atoms with Crippen molar-refractivity contribution < 1.29 is 14.5 Å². The van der Waals surface area contributed by atoms with E-state index in [2.05, 4.69) is 6.58 Å². The van der Waals surface area contributed by atoms with E-state index < -0.39 is 4.92 Å². The van der Waals surface area contributed by atoms with E-state index in [0.717, 1.165) is 0 Å². The van der Waals surface area contributed by atoms with Crippen molar-refractivity contribution in [3.05, 3.63) is 41.0 Å². The van der Waals surface area contributed by atoms with Crippen LogP contribution in [0.3, 0.4) is 0 Å². The van der Waals surface area contributed by atoms with Gasteiger partial charge in [-0.2, -0.15) is 0 Å². The number of carbonyl (C=O) groups excluding carboxylic acids is 1. The van der Waals surface area contributed by atoms with Crippen LogP contribution in [-0.4, -0.2) is 24.5 Å². The molecule has 2 rings (SSSR count). The lowest BCUT2D eigenvalue weighted by Crippen LogP contribution is -2.25. The van der Waals surface area contributed by atoms with Gasteiger partial charge in [-0.05, 0) is 6.07 Å². The second-order valence-corrected chi connectivity index (χ2v) is 4.32. The Balaban J connectivity index is 2.45. The summed E-state index contributed by atoms with van der Waals surface area (Å²) in [5.41, 5.74) is 0.178. The molecule has 0 radical (unpaired) electrons. The largest absolute Gasteiger partial charge is 0.497 e. The van der Waals surface area contributed by atoms with Gasteiger partial charge >= 0.3 is 0 Å². The molecule has 1 unspecified atom stereocenters. The highest BCUT2D eigenvalue weighted by atomic mass is 16.6. The topological polar surface area (TPSA) is 72.7 Å². The van der Waals surface area contributed by atoms with Gasteiger partial charge in [0.05, 0.1) is 12.0 Å². The van der Waals surface area contributed by atoms with Crippen LogP contribution >= 0.6 is 0 Å². The lowest BCUT2D eigenvalue weighted by molar-refractivity contribution is -0.384. The van der Waals surface area contributed by atoms with Crippen LogP contribution in [0.1, 0.15) is 6.42 Å². The number of nitro benzene ring substituents is 1. The summed E-state index contributed by atoms with van der Waals surface area (Å²) in [6.07, 6.45) is 2.03. The van der Waals surface area contributed by atoms with Crippen molar-refractivity contribution in [1.29, 1.82) is 0 Å². The number of nitrogens with zero attached hydrogens (tertiary/aromatic N) is 2. The second-order valence-electron chi connectivity index (χ2n) is 4.32. The molecule has 6 heteroatoms. The molecule has 0 aromatic heterocycles. The predicted octanol–water partition coefficient (Wildman–Crippen LogP) is 2.14. The van der Waals surface area contributed by atoms with Gasteiger partial charge in [-0.15, -0.1) is 6.58 Å². The van der Waals surface area contributed by atoms with Crippen molar-refractivity contribution in [2.24, 2.45) is 5.92 Å². The van der Waals surface area contributed by atoms with Gasteiger partial charge in [-0.1, -0.05) is 6.08 Å². The molecule has 1 amide bonds. The van der Waals surface area contributed by atoms with E-state index in [1.165, 1.54) is 30.2 Å². The van der Waals surface area contributed by atoms with Gasteiger partial charge in [-0.25, -0.2) is 0 Å². The molecule has 1 heterocycles. The number of ether oxygens (including phenoxy) is 1. The number of hydrogen-bond acceptors (Lipinski definition) is 4. The summed E-state index contributed by atoms with van der Waals surface area (Å²) in [7, 11) is 1.48. The quantitative estimate of drug-likeness (QED) is 0.473. The van der Waals surface area contributed by atoms with Crippen LogP contribution in [0.2, 0.25) is 0 Å². The Bertz CT molecular complexity index is 541. The number of anilines is 1. The van der Waals surface area contributed by atoms with E-state index in [0.29, 0.717) is 18.7 Å². The van der Waals surface area contributed by atoms with Crippen LogP contribution in [-0.2, 0) is 4.79 Å². The molecular formula is C13H14N2O4. The Morgan fingerprint density at radius 1 is 1.58 bits per heavy atom. The zero-order chi connectivity index (χ0) is 14.0. The zero-order valence-corrected chi connectivity index (χ0v) is 10.5. The molecule has 0 spiro atoms. The Labute approximate surface area is 110 Å². The summed E-state index contributed by atoms with van der Waals surface area (Å²) in [6, 6.07) is 4.37. The van der Waals surface area contributed by atoms with Crippen molar-refractivity contribution in [2.75, 3.05) is 18.6 Å². The minimum Gasteiger partial charge on any atom is -0.497 e. The van der Waals surface area contributed by atoms with Crippen LogP contribution < -0.4 is 9.64 Å². The number of rotatable bonds is 4. The Kier molecular flexibility index (Phi) is 3.50. The summed E-state index contributed by atoms with van der Waals surface area (Å²) < 4.78 is 5.06. The monoisotopic (exact) mass is 262 g/mol. The van der Waals surface area contributed by atoms with Crippen LogP contribution in [0.25, 0.3) is 0 Å². The van der Waals surface area contributed by atoms with Crippen LogP contribution in [0.5, 0.6) is 5.75 Å². The molecule has 1 aromatic rings. The van der Waals surface area contributed by atoms with Crippen molar-refractivity contribution in [2.45, 2.75) is 6.42 Å². The summed E-state index contributed by atoms with van der Waals surface area (Å²) in [4.78, 5) is 23.9. The highest BCUT2D eigenvalue weighted by Crippen LogP contribution is 2.35. The fourth-order valence-corrected chi connectivity index (χ4v) is 2.13. The molecule has 0 bridgehead atoms. The number of hydrogen-bond donors (Lipinski definition) is 0. The third-order valence-corrected chi connectivity index (χ3v) is 3.16. The molecule has 0 saturated carbocycles. The maximum absolute atomic E-state index is 11.9. The molecule has 1 aromatic carbocycles. The molecule has 19 heavy (non-hydrogen) atoms. The number of benzene rings is 1. The van der Waals surface area contributed by atoms with Crippen LogP contribution in [0.4, 0.5) is 11.4 Å². The average Bonchev–Trinajstić information content (AvgIpc) is 2.79. The van der Waals surface area contributed by atoms with Gasteiger partial charge in [-0.3, -0.25) is 14.9 Å². The lowest BCUT2D eigenvalue weighted by atomic mass is 10.1. The van der Waals surface area contributed by atoms with Gasteiger partial charge < -0.3 is 9.64 Å². The second kappa shape index (κ2) is 5.09. The Morgan fingerprint density at radius 2 is 2.32 bits per heavy atom. The highest BCUT2D eigenvalue weighted by Gasteiger charge is 2.33. The molecule has 1 fully saturated rings. The fraction of sp³-hybridized carbons (Fsp3) is 0.308. The molecular weight excluding hydrogens is 248 g/mol. The fourth-order valence-electron chi connectivity index (χ4n) is 2.13. The third kappa shape index (κ3) is 2.42. The van der Waals surface area contributed by atoms with Gasteiger partial charge in [0, 0.05) is 31.0 Å². The van der Waals surface area contributed by atoms with Crippen molar-refractivity contribution >= 4 is 17.3 Å². The van der Waals surface area contributed by atoms with Crippen LogP contribution in [0, 0.1) is 16.0 Å². The van der Waals surface area contributed by atoms with Crippen molar-refractivity contribution in [3.63, 3.8) is 0 Å². The summed E-state index contributed by atoms with van der Waals surface area (Å²) >= 11 is 0. The van der Waals surface area contributed by atoms with Gasteiger partial charge in [0.2, 0.25) is 5.91 Å². The first-order valence-corrected chi connectivity index (χ1v) is 5.82. The normalized spacial score (nSPS) is 18.5. The summed E-state index contributed by atoms with van der Waals surface area (Å²) in [5.74, 6) is 0.370. The van der Waals surface area contributed by atoms with E-state index in [1.807, 2.05) is 0 Å². The number of carbonyl (C=O) groups is 1. The maximum atomic E-state index is 11.9. The molecule has 1 aliphatic heterocycles. The first-order valence-electron chi connectivity index (χ1n) is 5.82. The van der Waals surface area contributed by atoms with E-state index in [-0.39, 0.29) is 23.2 Å². The molecule has 6 nitrogen and oxygen atoms in total. The Hall–Kier alpha value is -2.37. The van der Waals surface area contributed by atoms with Crippen molar-refractivity contribution in [3.8, 4) is 5.75 Å². The molecule has 0 aliphatic carbocycles. The van der Waals surface area contributed by atoms with E-state index in [9.17, 15) is 14.9 Å².